The van der Waals surface area contributed by atoms with Gasteiger partial charge in [0.25, 0.3) is 0 Å². The van der Waals surface area contributed by atoms with Gasteiger partial charge in [0.15, 0.2) is 0 Å². The molecule has 0 aromatic heterocycles. The van der Waals surface area contributed by atoms with Crippen LogP contribution >= 0.6 is 23.2 Å². The van der Waals surface area contributed by atoms with E-state index in [4.69, 9.17) is 23.2 Å². The van der Waals surface area contributed by atoms with Gasteiger partial charge in [-0.05, 0) is 38.0 Å². The summed E-state index contributed by atoms with van der Waals surface area (Å²) >= 11 is 11.9. The number of hydrogen-bond acceptors (Lipinski definition) is 2. The summed E-state index contributed by atoms with van der Waals surface area (Å²) in [5.74, 6) is 0. The van der Waals surface area contributed by atoms with Crippen molar-refractivity contribution >= 4 is 23.2 Å². The van der Waals surface area contributed by atoms with Crippen LogP contribution in [0.4, 0.5) is 0 Å². The number of benzene rings is 1. The van der Waals surface area contributed by atoms with Crippen LogP contribution in [0.3, 0.4) is 0 Å². The molecule has 0 spiro atoms. The molecule has 0 saturated carbocycles. The molecule has 0 aliphatic rings. The summed E-state index contributed by atoms with van der Waals surface area (Å²) < 4.78 is 0. The van der Waals surface area contributed by atoms with Crippen molar-refractivity contribution < 1.29 is 5.11 Å². The highest BCUT2D eigenvalue weighted by Gasteiger charge is 2.20. The van der Waals surface area contributed by atoms with Crippen molar-refractivity contribution in [3.63, 3.8) is 0 Å². The van der Waals surface area contributed by atoms with E-state index in [1.54, 1.807) is 6.07 Å². The van der Waals surface area contributed by atoms with Gasteiger partial charge in [-0.15, -0.1) is 0 Å². The second kappa shape index (κ2) is 6.76. The SMILES string of the molecule is CCCC(C)(O)CNC(C)c1ccc(Cl)c(Cl)c1. The molecule has 2 atom stereocenters. The fourth-order valence-electron chi connectivity index (χ4n) is 1.90. The molecular formula is C14H21Cl2NO. The van der Waals surface area contributed by atoms with Gasteiger partial charge >= 0.3 is 0 Å². The van der Waals surface area contributed by atoms with E-state index in [1.807, 2.05) is 26.0 Å². The third-order valence-electron chi connectivity index (χ3n) is 3.02. The molecule has 0 aliphatic heterocycles. The molecule has 1 rings (SSSR count). The Balaban J connectivity index is 2.60. The van der Waals surface area contributed by atoms with Crippen molar-refractivity contribution in [2.24, 2.45) is 0 Å². The van der Waals surface area contributed by atoms with Crippen LogP contribution in [0.1, 0.15) is 45.2 Å². The lowest BCUT2D eigenvalue weighted by atomic mass is 9.99. The quantitative estimate of drug-likeness (QED) is 0.823. The zero-order valence-electron chi connectivity index (χ0n) is 11.1. The summed E-state index contributed by atoms with van der Waals surface area (Å²) in [6.45, 7) is 6.52. The Morgan fingerprint density at radius 1 is 1.33 bits per heavy atom. The highest BCUT2D eigenvalue weighted by Crippen LogP contribution is 2.25. The van der Waals surface area contributed by atoms with E-state index in [1.165, 1.54) is 0 Å². The Bertz CT molecular complexity index is 393. The molecule has 2 N–H and O–H groups in total. The first kappa shape index (κ1) is 15.8. The van der Waals surface area contributed by atoms with Crippen LogP contribution in [-0.2, 0) is 0 Å². The van der Waals surface area contributed by atoms with Crippen LogP contribution in [0, 0.1) is 0 Å². The molecule has 0 bridgehead atoms. The molecule has 0 heterocycles. The molecule has 0 saturated heterocycles. The topological polar surface area (TPSA) is 32.3 Å². The zero-order chi connectivity index (χ0) is 13.8. The fraction of sp³-hybridized carbons (Fsp3) is 0.571. The van der Waals surface area contributed by atoms with Crippen LogP contribution in [0.25, 0.3) is 0 Å². The molecule has 102 valence electrons. The largest absolute Gasteiger partial charge is 0.389 e. The fourth-order valence-corrected chi connectivity index (χ4v) is 2.21. The van der Waals surface area contributed by atoms with E-state index < -0.39 is 5.60 Å². The van der Waals surface area contributed by atoms with Crippen molar-refractivity contribution in [3.05, 3.63) is 33.8 Å². The Kier molecular flexibility index (Phi) is 5.93. The van der Waals surface area contributed by atoms with Crippen LogP contribution in [0.2, 0.25) is 10.0 Å². The summed E-state index contributed by atoms with van der Waals surface area (Å²) in [5.41, 5.74) is 0.399. The molecule has 2 unspecified atom stereocenters. The Morgan fingerprint density at radius 2 is 2.00 bits per heavy atom. The number of nitrogens with one attached hydrogen (secondary N) is 1. The maximum atomic E-state index is 10.1. The predicted octanol–water partition coefficient (Wildman–Crippen LogP) is 4.20. The number of aliphatic hydroxyl groups is 1. The maximum absolute atomic E-state index is 10.1. The molecule has 18 heavy (non-hydrogen) atoms. The Labute approximate surface area is 119 Å². The Hall–Kier alpha value is -0.280. The van der Waals surface area contributed by atoms with Crippen LogP contribution < -0.4 is 5.32 Å². The van der Waals surface area contributed by atoms with Gasteiger partial charge in [-0.2, -0.15) is 0 Å². The number of hydrogen-bond donors (Lipinski definition) is 2. The molecule has 1 aromatic rings. The van der Waals surface area contributed by atoms with Gasteiger partial charge in [0, 0.05) is 12.6 Å². The normalized spacial score (nSPS) is 16.3. The monoisotopic (exact) mass is 289 g/mol. The summed E-state index contributed by atoms with van der Waals surface area (Å²) in [5, 5.41) is 14.5. The van der Waals surface area contributed by atoms with Crippen molar-refractivity contribution in [1.82, 2.24) is 5.32 Å². The average molecular weight is 290 g/mol. The zero-order valence-corrected chi connectivity index (χ0v) is 12.6. The van der Waals surface area contributed by atoms with E-state index in [-0.39, 0.29) is 6.04 Å². The van der Waals surface area contributed by atoms with Crippen LogP contribution in [0.5, 0.6) is 0 Å². The summed E-state index contributed by atoms with van der Waals surface area (Å²) in [7, 11) is 0. The Morgan fingerprint density at radius 3 is 2.56 bits per heavy atom. The van der Waals surface area contributed by atoms with Crippen molar-refractivity contribution in [3.8, 4) is 0 Å². The molecule has 2 nitrogen and oxygen atoms in total. The molecular weight excluding hydrogens is 269 g/mol. The molecule has 1 aromatic carbocycles. The van der Waals surface area contributed by atoms with Gasteiger partial charge in [-0.3, -0.25) is 0 Å². The lowest BCUT2D eigenvalue weighted by molar-refractivity contribution is 0.0477. The van der Waals surface area contributed by atoms with E-state index in [9.17, 15) is 5.11 Å². The number of halogens is 2. The van der Waals surface area contributed by atoms with Gasteiger partial charge in [0.05, 0.1) is 15.6 Å². The average Bonchev–Trinajstić information content (AvgIpc) is 2.30. The highest BCUT2D eigenvalue weighted by atomic mass is 35.5. The molecule has 0 fully saturated rings. The number of rotatable bonds is 6. The first-order valence-corrected chi connectivity index (χ1v) is 7.02. The highest BCUT2D eigenvalue weighted by molar-refractivity contribution is 6.42. The summed E-state index contributed by atoms with van der Waals surface area (Å²) in [4.78, 5) is 0. The van der Waals surface area contributed by atoms with Gasteiger partial charge < -0.3 is 10.4 Å². The van der Waals surface area contributed by atoms with Crippen molar-refractivity contribution in [2.75, 3.05) is 6.54 Å². The van der Waals surface area contributed by atoms with E-state index in [2.05, 4.69) is 12.2 Å². The predicted molar refractivity (Wildman–Crippen MR) is 78.4 cm³/mol. The van der Waals surface area contributed by atoms with Crippen LogP contribution in [-0.4, -0.2) is 17.3 Å². The van der Waals surface area contributed by atoms with Gasteiger partial charge in [-0.25, -0.2) is 0 Å². The van der Waals surface area contributed by atoms with Gasteiger partial charge in [0.1, 0.15) is 0 Å². The summed E-state index contributed by atoms with van der Waals surface area (Å²) in [6.07, 6.45) is 1.75. The lowest BCUT2D eigenvalue weighted by Crippen LogP contribution is -2.38. The van der Waals surface area contributed by atoms with Crippen molar-refractivity contribution in [1.29, 1.82) is 0 Å². The second-order valence-corrected chi connectivity index (χ2v) is 5.84. The van der Waals surface area contributed by atoms with E-state index in [0.717, 1.165) is 18.4 Å². The maximum Gasteiger partial charge on any atom is 0.0743 e. The minimum absolute atomic E-state index is 0.128. The summed E-state index contributed by atoms with van der Waals surface area (Å²) in [6, 6.07) is 5.72. The van der Waals surface area contributed by atoms with Crippen molar-refractivity contribution in [2.45, 2.75) is 45.3 Å². The van der Waals surface area contributed by atoms with E-state index >= 15 is 0 Å². The third kappa shape index (κ3) is 4.77. The minimum Gasteiger partial charge on any atom is -0.389 e. The molecule has 0 aliphatic carbocycles. The molecule has 0 radical (unpaired) electrons. The minimum atomic E-state index is -0.667. The standard InChI is InChI=1S/C14H21Cl2NO/c1-4-7-14(3,18)9-17-10(2)11-5-6-12(15)13(16)8-11/h5-6,8,10,17-18H,4,7,9H2,1-3H3. The smallest absolute Gasteiger partial charge is 0.0743 e. The van der Waals surface area contributed by atoms with E-state index in [0.29, 0.717) is 16.6 Å². The first-order chi connectivity index (χ1) is 8.35. The first-order valence-electron chi connectivity index (χ1n) is 6.26. The lowest BCUT2D eigenvalue weighted by Gasteiger charge is -2.25. The van der Waals surface area contributed by atoms with Gasteiger partial charge in [0.2, 0.25) is 0 Å². The molecule has 0 amide bonds. The second-order valence-electron chi connectivity index (χ2n) is 5.02. The third-order valence-corrected chi connectivity index (χ3v) is 3.76. The molecule has 4 heteroatoms. The van der Waals surface area contributed by atoms with Crippen LogP contribution in [0.15, 0.2) is 18.2 Å². The van der Waals surface area contributed by atoms with Gasteiger partial charge in [-0.1, -0.05) is 42.6 Å².